The maximum absolute atomic E-state index is 13.1. The zero-order valence-corrected chi connectivity index (χ0v) is 10.6. The van der Waals surface area contributed by atoms with E-state index in [1.54, 1.807) is 12.1 Å². The highest BCUT2D eigenvalue weighted by molar-refractivity contribution is 6.00. The van der Waals surface area contributed by atoms with E-state index in [0.29, 0.717) is 25.2 Å². The molecule has 0 saturated heterocycles. The standard InChI is InChI=1S/C15H16F2O2/c16-15(17)6-5-10(8-15)9-19-12-2-3-13-11(7-12)1-4-14(13)18/h2-3,7,10H,1,4-6,8-9H2. The van der Waals surface area contributed by atoms with Crippen molar-refractivity contribution in [3.63, 3.8) is 0 Å². The maximum Gasteiger partial charge on any atom is 0.248 e. The molecule has 1 atom stereocenters. The van der Waals surface area contributed by atoms with Crippen molar-refractivity contribution in [1.29, 1.82) is 0 Å². The van der Waals surface area contributed by atoms with Gasteiger partial charge in [0.15, 0.2) is 5.78 Å². The van der Waals surface area contributed by atoms with Gasteiger partial charge in [0.1, 0.15) is 5.75 Å². The van der Waals surface area contributed by atoms with Crippen LogP contribution < -0.4 is 4.74 Å². The van der Waals surface area contributed by atoms with E-state index in [1.165, 1.54) is 0 Å². The van der Waals surface area contributed by atoms with Crippen LogP contribution in [0.15, 0.2) is 18.2 Å². The molecule has 19 heavy (non-hydrogen) atoms. The number of hydrogen-bond acceptors (Lipinski definition) is 2. The van der Waals surface area contributed by atoms with Crippen molar-refractivity contribution in [2.75, 3.05) is 6.61 Å². The Kier molecular flexibility index (Phi) is 3.03. The van der Waals surface area contributed by atoms with Crippen LogP contribution in [0.4, 0.5) is 8.78 Å². The van der Waals surface area contributed by atoms with Crippen LogP contribution in [-0.2, 0) is 6.42 Å². The van der Waals surface area contributed by atoms with E-state index < -0.39 is 5.92 Å². The molecule has 1 aromatic rings. The topological polar surface area (TPSA) is 26.3 Å². The van der Waals surface area contributed by atoms with Gasteiger partial charge >= 0.3 is 0 Å². The Morgan fingerprint density at radius 3 is 2.89 bits per heavy atom. The summed E-state index contributed by atoms with van der Waals surface area (Å²) in [5, 5.41) is 0. The molecule has 2 aliphatic rings. The lowest BCUT2D eigenvalue weighted by Crippen LogP contribution is -2.13. The molecule has 0 radical (unpaired) electrons. The van der Waals surface area contributed by atoms with Crippen LogP contribution in [0.2, 0.25) is 0 Å². The number of hydrogen-bond donors (Lipinski definition) is 0. The van der Waals surface area contributed by atoms with E-state index in [0.717, 1.165) is 17.5 Å². The van der Waals surface area contributed by atoms with E-state index in [9.17, 15) is 13.6 Å². The molecule has 0 amide bonds. The van der Waals surface area contributed by atoms with Gasteiger partial charge in [0.05, 0.1) is 6.61 Å². The fraction of sp³-hybridized carbons (Fsp3) is 0.533. The van der Waals surface area contributed by atoms with Gasteiger partial charge in [-0.05, 0) is 42.5 Å². The average Bonchev–Trinajstić information content (AvgIpc) is 2.90. The summed E-state index contributed by atoms with van der Waals surface area (Å²) >= 11 is 0. The number of benzene rings is 1. The summed E-state index contributed by atoms with van der Waals surface area (Å²) in [7, 11) is 0. The van der Waals surface area contributed by atoms with E-state index in [4.69, 9.17) is 4.74 Å². The Balaban J connectivity index is 1.61. The van der Waals surface area contributed by atoms with E-state index in [-0.39, 0.29) is 24.5 Å². The number of rotatable bonds is 3. The van der Waals surface area contributed by atoms with Gasteiger partial charge in [-0.15, -0.1) is 0 Å². The fourth-order valence-electron chi connectivity index (χ4n) is 2.92. The second-order valence-electron chi connectivity index (χ2n) is 5.52. The minimum atomic E-state index is -2.52. The molecule has 2 nitrogen and oxygen atoms in total. The van der Waals surface area contributed by atoms with Gasteiger partial charge < -0.3 is 4.74 Å². The summed E-state index contributed by atoms with van der Waals surface area (Å²) < 4.78 is 31.7. The molecule has 0 aromatic heterocycles. The number of Topliss-reactive ketones (excluding diaryl/α,β-unsaturated/α-hetero) is 1. The number of fused-ring (bicyclic) bond motifs is 1. The van der Waals surface area contributed by atoms with Crippen LogP contribution in [0.25, 0.3) is 0 Å². The molecule has 0 heterocycles. The molecule has 0 N–H and O–H groups in total. The van der Waals surface area contributed by atoms with Crippen molar-refractivity contribution in [1.82, 2.24) is 0 Å². The number of alkyl halides is 2. The highest BCUT2D eigenvalue weighted by Gasteiger charge is 2.39. The zero-order valence-electron chi connectivity index (χ0n) is 10.6. The van der Waals surface area contributed by atoms with Gasteiger partial charge in [0, 0.05) is 24.8 Å². The molecule has 102 valence electrons. The quantitative estimate of drug-likeness (QED) is 0.835. The van der Waals surface area contributed by atoms with Crippen molar-refractivity contribution < 1.29 is 18.3 Å². The number of ketones is 1. The maximum atomic E-state index is 13.1. The Labute approximate surface area is 110 Å². The molecule has 1 aromatic carbocycles. The second kappa shape index (κ2) is 4.58. The molecule has 1 fully saturated rings. The van der Waals surface area contributed by atoms with Crippen LogP contribution in [0, 0.1) is 5.92 Å². The lowest BCUT2D eigenvalue weighted by molar-refractivity contribution is 0.00291. The van der Waals surface area contributed by atoms with Crippen LogP contribution >= 0.6 is 0 Å². The monoisotopic (exact) mass is 266 g/mol. The fourth-order valence-corrected chi connectivity index (χ4v) is 2.92. The first-order valence-corrected chi connectivity index (χ1v) is 6.70. The predicted molar refractivity (Wildman–Crippen MR) is 66.9 cm³/mol. The number of ether oxygens (including phenoxy) is 1. The molecule has 2 aliphatic carbocycles. The van der Waals surface area contributed by atoms with Crippen molar-refractivity contribution in [3.8, 4) is 5.75 Å². The molecule has 4 heteroatoms. The molecule has 3 rings (SSSR count). The van der Waals surface area contributed by atoms with Gasteiger partial charge in [-0.2, -0.15) is 0 Å². The van der Waals surface area contributed by atoms with Gasteiger partial charge in [-0.1, -0.05) is 0 Å². The summed E-state index contributed by atoms with van der Waals surface area (Å²) in [5.74, 6) is -1.72. The summed E-state index contributed by atoms with van der Waals surface area (Å²) in [6, 6.07) is 5.41. The van der Waals surface area contributed by atoms with Crippen LogP contribution in [-0.4, -0.2) is 18.3 Å². The number of carbonyl (C=O) groups excluding carboxylic acids is 1. The average molecular weight is 266 g/mol. The van der Waals surface area contributed by atoms with E-state index >= 15 is 0 Å². The number of halogens is 2. The van der Waals surface area contributed by atoms with E-state index in [1.807, 2.05) is 6.07 Å². The molecule has 0 aliphatic heterocycles. The highest BCUT2D eigenvalue weighted by atomic mass is 19.3. The third-order valence-corrected chi connectivity index (χ3v) is 3.99. The van der Waals surface area contributed by atoms with Gasteiger partial charge in [0.2, 0.25) is 5.92 Å². The first-order chi connectivity index (χ1) is 9.03. The third-order valence-electron chi connectivity index (χ3n) is 3.99. The lowest BCUT2D eigenvalue weighted by Gasteiger charge is -2.13. The molecule has 1 unspecified atom stereocenters. The molecule has 0 bridgehead atoms. The minimum Gasteiger partial charge on any atom is -0.493 e. The van der Waals surface area contributed by atoms with Crippen molar-refractivity contribution >= 4 is 5.78 Å². The normalized spacial score (nSPS) is 24.5. The Bertz CT molecular complexity index is 511. The Morgan fingerprint density at radius 2 is 2.16 bits per heavy atom. The van der Waals surface area contributed by atoms with E-state index in [2.05, 4.69) is 0 Å². The molecule has 1 saturated carbocycles. The summed E-state index contributed by atoms with van der Waals surface area (Å²) in [6.07, 6.45) is 1.74. The second-order valence-corrected chi connectivity index (χ2v) is 5.52. The van der Waals surface area contributed by atoms with Crippen LogP contribution in [0.5, 0.6) is 5.75 Å². The molecular weight excluding hydrogens is 250 g/mol. The number of aryl methyl sites for hydroxylation is 1. The van der Waals surface area contributed by atoms with Crippen molar-refractivity contribution in [3.05, 3.63) is 29.3 Å². The van der Waals surface area contributed by atoms with Crippen molar-refractivity contribution in [2.45, 2.75) is 38.0 Å². The van der Waals surface area contributed by atoms with Crippen molar-refractivity contribution in [2.24, 2.45) is 5.92 Å². The smallest absolute Gasteiger partial charge is 0.248 e. The first-order valence-electron chi connectivity index (χ1n) is 6.70. The Hall–Kier alpha value is -1.45. The highest BCUT2D eigenvalue weighted by Crippen LogP contribution is 2.39. The summed E-state index contributed by atoms with van der Waals surface area (Å²) in [4.78, 5) is 11.5. The lowest BCUT2D eigenvalue weighted by atomic mass is 10.1. The van der Waals surface area contributed by atoms with Gasteiger partial charge in [0.25, 0.3) is 0 Å². The van der Waals surface area contributed by atoms with Crippen LogP contribution in [0.3, 0.4) is 0 Å². The van der Waals surface area contributed by atoms with Gasteiger partial charge in [-0.25, -0.2) is 8.78 Å². The first kappa shape index (κ1) is 12.6. The summed E-state index contributed by atoms with van der Waals surface area (Å²) in [6.45, 7) is 0.336. The number of carbonyl (C=O) groups is 1. The largest absolute Gasteiger partial charge is 0.493 e. The SMILES string of the molecule is O=C1CCc2cc(OCC3CCC(F)(F)C3)ccc21. The van der Waals surface area contributed by atoms with Gasteiger partial charge in [-0.3, -0.25) is 4.79 Å². The third kappa shape index (κ3) is 2.62. The van der Waals surface area contributed by atoms with Crippen LogP contribution in [0.1, 0.15) is 41.6 Å². The molecule has 0 spiro atoms. The Morgan fingerprint density at radius 1 is 1.32 bits per heavy atom. The minimum absolute atomic E-state index is 0.0281. The molecular formula is C15H16F2O2. The summed E-state index contributed by atoms with van der Waals surface area (Å²) in [5.41, 5.74) is 1.79. The zero-order chi connectivity index (χ0) is 13.5. The predicted octanol–water partition coefficient (Wildman–Crippen LogP) is 3.63.